The topological polar surface area (TPSA) is 82.5 Å². The Labute approximate surface area is 167 Å². The molecule has 0 unspecified atom stereocenters. The van der Waals surface area contributed by atoms with E-state index in [0.717, 1.165) is 29.5 Å². The second-order valence-electron chi connectivity index (χ2n) is 6.96. The SMILES string of the molecule is C=CCn1c(SC[C@@H](C#N)CCC#N)nc2sc3c(c2c1=O)CC[C@H](C)C3. The minimum Gasteiger partial charge on any atom is -0.283 e. The summed E-state index contributed by atoms with van der Waals surface area (Å²) < 4.78 is 1.67. The van der Waals surface area contributed by atoms with Crippen molar-refractivity contribution in [1.29, 1.82) is 10.5 Å². The Balaban J connectivity index is 1.98. The monoisotopic (exact) mass is 398 g/mol. The average Bonchev–Trinajstić information content (AvgIpc) is 3.02. The van der Waals surface area contributed by atoms with Gasteiger partial charge in [0.2, 0.25) is 0 Å². The van der Waals surface area contributed by atoms with Crippen LogP contribution < -0.4 is 5.56 Å². The van der Waals surface area contributed by atoms with E-state index in [2.05, 4.69) is 25.6 Å². The van der Waals surface area contributed by atoms with Crippen molar-refractivity contribution in [2.24, 2.45) is 11.8 Å². The fraction of sp³-hybridized carbons (Fsp3) is 0.500. The summed E-state index contributed by atoms with van der Waals surface area (Å²) in [6.45, 7) is 6.43. The first-order chi connectivity index (χ1) is 13.1. The van der Waals surface area contributed by atoms with E-state index < -0.39 is 0 Å². The van der Waals surface area contributed by atoms with Crippen LogP contribution in [0.1, 0.15) is 36.6 Å². The molecule has 3 rings (SSSR count). The summed E-state index contributed by atoms with van der Waals surface area (Å²) in [4.78, 5) is 20.1. The van der Waals surface area contributed by atoms with Crippen molar-refractivity contribution in [2.75, 3.05) is 5.75 Å². The highest BCUT2D eigenvalue weighted by molar-refractivity contribution is 7.99. The number of rotatable bonds is 7. The highest BCUT2D eigenvalue weighted by Crippen LogP contribution is 2.36. The van der Waals surface area contributed by atoms with E-state index >= 15 is 0 Å². The first-order valence-electron chi connectivity index (χ1n) is 9.14. The zero-order chi connectivity index (χ0) is 19.4. The summed E-state index contributed by atoms with van der Waals surface area (Å²) in [5.74, 6) is 0.943. The van der Waals surface area contributed by atoms with Crippen molar-refractivity contribution in [3.8, 4) is 12.1 Å². The van der Waals surface area contributed by atoms with Gasteiger partial charge in [-0.1, -0.05) is 24.8 Å². The quantitative estimate of drug-likeness (QED) is 0.394. The maximum atomic E-state index is 13.2. The molecule has 5 nitrogen and oxygen atoms in total. The molecule has 0 radical (unpaired) electrons. The molecule has 2 atom stereocenters. The molecule has 27 heavy (non-hydrogen) atoms. The van der Waals surface area contributed by atoms with Crippen molar-refractivity contribution >= 4 is 33.3 Å². The maximum absolute atomic E-state index is 13.2. The maximum Gasteiger partial charge on any atom is 0.263 e. The Morgan fingerprint density at radius 3 is 3.04 bits per heavy atom. The van der Waals surface area contributed by atoms with Gasteiger partial charge in [-0.2, -0.15) is 10.5 Å². The Morgan fingerprint density at radius 1 is 1.52 bits per heavy atom. The first-order valence-corrected chi connectivity index (χ1v) is 10.9. The number of aryl methyl sites for hydroxylation is 1. The molecule has 0 amide bonds. The van der Waals surface area contributed by atoms with Crippen molar-refractivity contribution in [2.45, 2.75) is 50.7 Å². The van der Waals surface area contributed by atoms with E-state index in [0.29, 0.717) is 36.2 Å². The van der Waals surface area contributed by atoms with Gasteiger partial charge in [-0.15, -0.1) is 17.9 Å². The van der Waals surface area contributed by atoms with Gasteiger partial charge in [-0.25, -0.2) is 4.98 Å². The largest absolute Gasteiger partial charge is 0.283 e. The highest BCUT2D eigenvalue weighted by atomic mass is 32.2. The van der Waals surface area contributed by atoms with Crippen molar-refractivity contribution in [1.82, 2.24) is 9.55 Å². The van der Waals surface area contributed by atoms with Crippen LogP contribution in [0.5, 0.6) is 0 Å². The van der Waals surface area contributed by atoms with Gasteiger partial charge in [0.15, 0.2) is 5.16 Å². The average molecular weight is 399 g/mol. The van der Waals surface area contributed by atoms with Crippen LogP contribution in [0.15, 0.2) is 22.6 Å². The van der Waals surface area contributed by atoms with Gasteiger partial charge < -0.3 is 0 Å². The molecule has 140 valence electrons. The van der Waals surface area contributed by atoms with E-state index in [1.807, 2.05) is 0 Å². The number of fused-ring (bicyclic) bond motifs is 3. The zero-order valence-electron chi connectivity index (χ0n) is 15.4. The van der Waals surface area contributed by atoms with Crippen LogP contribution >= 0.6 is 23.1 Å². The smallest absolute Gasteiger partial charge is 0.263 e. The molecule has 0 saturated carbocycles. The third kappa shape index (κ3) is 4.10. The van der Waals surface area contributed by atoms with Gasteiger partial charge in [0.1, 0.15) is 4.83 Å². The second kappa shape index (κ2) is 8.73. The standard InChI is InChI=1S/C20H22N4OS2/c1-3-9-24-19(25)17-15-7-6-13(2)10-16(15)27-18(17)23-20(24)26-12-14(11-22)5-4-8-21/h3,13-14H,1,4-7,9-10,12H2,2H3/t13-,14+/m0/s1. The summed E-state index contributed by atoms with van der Waals surface area (Å²) >= 11 is 3.07. The number of nitriles is 2. The lowest BCUT2D eigenvalue weighted by atomic mass is 9.89. The third-order valence-corrected chi connectivity index (χ3v) is 7.18. The van der Waals surface area contributed by atoms with Crippen LogP contribution in [-0.4, -0.2) is 15.3 Å². The number of allylic oxidation sites excluding steroid dienone is 1. The van der Waals surface area contributed by atoms with Crippen LogP contribution in [-0.2, 0) is 19.4 Å². The normalized spacial score (nSPS) is 17.1. The predicted octanol–water partition coefficient (Wildman–Crippen LogP) is 4.30. The molecule has 0 fully saturated rings. The van der Waals surface area contributed by atoms with Crippen molar-refractivity contribution < 1.29 is 0 Å². The molecule has 7 heteroatoms. The molecule has 0 spiro atoms. The van der Waals surface area contributed by atoms with Crippen LogP contribution in [0.4, 0.5) is 0 Å². The highest BCUT2D eigenvalue weighted by Gasteiger charge is 2.24. The van der Waals surface area contributed by atoms with Gasteiger partial charge in [0.25, 0.3) is 5.56 Å². The van der Waals surface area contributed by atoms with Gasteiger partial charge in [-0.3, -0.25) is 9.36 Å². The molecule has 0 bridgehead atoms. The fourth-order valence-corrected chi connectivity index (χ4v) is 5.90. The molecule has 2 heterocycles. The lowest BCUT2D eigenvalue weighted by Crippen LogP contribution is -2.24. The number of hydrogen-bond donors (Lipinski definition) is 0. The Morgan fingerprint density at radius 2 is 2.33 bits per heavy atom. The molecular formula is C20H22N4OS2. The van der Waals surface area contributed by atoms with E-state index in [1.54, 1.807) is 22.0 Å². The summed E-state index contributed by atoms with van der Waals surface area (Å²) in [7, 11) is 0. The summed E-state index contributed by atoms with van der Waals surface area (Å²) in [6, 6.07) is 4.33. The summed E-state index contributed by atoms with van der Waals surface area (Å²) in [5, 5.41) is 19.4. The number of hydrogen-bond acceptors (Lipinski definition) is 6. The van der Waals surface area contributed by atoms with Gasteiger partial charge in [-0.05, 0) is 37.2 Å². The summed E-state index contributed by atoms with van der Waals surface area (Å²) in [5.41, 5.74) is 1.18. The number of aromatic nitrogens is 2. The van der Waals surface area contributed by atoms with E-state index in [9.17, 15) is 10.1 Å². The van der Waals surface area contributed by atoms with E-state index in [1.165, 1.54) is 22.2 Å². The predicted molar refractivity (Wildman–Crippen MR) is 110 cm³/mol. The lowest BCUT2D eigenvalue weighted by molar-refractivity contribution is 0.509. The summed E-state index contributed by atoms with van der Waals surface area (Å²) in [6.07, 6.45) is 5.68. The van der Waals surface area contributed by atoms with Crippen molar-refractivity contribution in [3.05, 3.63) is 33.4 Å². The van der Waals surface area contributed by atoms with Gasteiger partial charge in [0, 0.05) is 23.6 Å². The minimum absolute atomic E-state index is 0.0000134. The molecule has 2 aromatic rings. The number of thiophene rings is 1. The van der Waals surface area contributed by atoms with E-state index in [4.69, 9.17) is 10.2 Å². The molecule has 1 aliphatic carbocycles. The van der Waals surface area contributed by atoms with Crippen LogP contribution in [0.3, 0.4) is 0 Å². The number of nitrogens with zero attached hydrogens (tertiary/aromatic N) is 4. The fourth-order valence-electron chi connectivity index (χ4n) is 3.40. The first kappa shape index (κ1) is 19.7. The molecule has 0 aromatic carbocycles. The van der Waals surface area contributed by atoms with Gasteiger partial charge >= 0.3 is 0 Å². The molecule has 2 aromatic heterocycles. The Hall–Kier alpha value is -2.09. The Kier molecular flexibility index (Phi) is 6.36. The second-order valence-corrected chi connectivity index (χ2v) is 9.04. The molecule has 1 aliphatic rings. The molecular weight excluding hydrogens is 376 g/mol. The van der Waals surface area contributed by atoms with Crippen LogP contribution in [0.2, 0.25) is 0 Å². The minimum atomic E-state index is -0.225. The van der Waals surface area contributed by atoms with Gasteiger partial charge in [0.05, 0.1) is 23.4 Å². The number of thioether (sulfide) groups is 1. The molecule has 0 N–H and O–H groups in total. The van der Waals surface area contributed by atoms with E-state index in [-0.39, 0.29) is 11.5 Å². The third-order valence-electron chi connectivity index (χ3n) is 4.89. The molecule has 0 saturated heterocycles. The Bertz CT molecular complexity index is 993. The van der Waals surface area contributed by atoms with Crippen LogP contribution in [0, 0.1) is 34.5 Å². The van der Waals surface area contributed by atoms with Crippen LogP contribution in [0.25, 0.3) is 10.2 Å². The van der Waals surface area contributed by atoms with Crippen molar-refractivity contribution in [3.63, 3.8) is 0 Å². The lowest BCUT2D eigenvalue weighted by Gasteiger charge is -2.17. The zero-order valence-corrected chi connectivity index (χ0v) is 17.0. The molecule has 0 aliphatic heterocycles.